The highest BCUT2D eigenvalue weighted by Crippen LogP contribution is 2.19. The van der Waals surface area contributed by atoms with Crippen LogP contribution in [0, 0.1) is 6.92 Å². The molecule has 0 fully saturated rings. The van der Waals surface area contributed by atoms with Crippen molar-refractivity contribution in [3.05, 3.63) is 58.4 Å². The first-order valence-electron chi connectivity index (χ1n) is 5.79. The van der Waals surface area contributed by atoms with Crippen LogP contribution >= 0.6 is 11.6 Å². The Morgan fingerprint density at radius 1 is 1.29 bits per heavy atom. The standard InChI is InChI=1S/C14H17ClN2/c1-11-2-3-13(14(15)8-11)10-17-7-5-12(9-17)4-6-16/h2-3,5,7-9H,4,6,10,16H2,1H3. The second-order valence-corrected chi connectivity index (χ2v) is 4.73. The summed E-state index contributed by atoms with van der Waals surface area (Å²) >= 11 is 6.21. The van der Waals surface area contributed by atoms with Gasteiger partial charge in [-0.15, -0.1) is 0 Å². The van der Waals surface area contributed by atoms with Crippen LogP contribution in [-0.4, -0.2) is 11.1 Å². The van der Waals surface area contributed by atoms with Gasteiger partial charge in [-0.3, -0.25) is 0 Å². The van der Waals surface area contributed by atoms with Gasteiger partial charge in [0.05, 0.1) is 0 Å². The molecular weight excluding hydrogens is 232 g/mol. The molecule has 0 aliphatic rings. The van der Waals surface area contributed by atoms with E-state index < -0.39 is 0 Å². The van der Waals surface area contributed by atoms with Crippen LogP contribution in [0.3, 0.4) is 0 Å². The molecule has 90 valence electrons. The topological polar surface area (TPSA) is 30.9 Å². The van der Waals surface area contributed by atoms with Gasteiger partial charge in [0.25, 0.3) is 0 Å². The number of hydrogen-bond donors (Lipinski definition) is 1. The monoisotopic (exact) mass is 248 g/mol. The van der Waals surface area contributed by atoms with E-state index in [9.17, 15) is 0 Å². The number of hydrogen-bond acceptors (Lipinski definition) is 1. The van der Waals surface area contributed by atoms with Crippen molar-refractivity contribution in [3.63, 3.8) is 0 Å². The van der Waals surface area contributed by atoms with Crippen LogP contribution in [0.1, 0.15) is 16.7 Å². The molecule has 0 aliphatic carbocycles. The fraction of sp³-hybridized carbons (Fsp3) is 0.286. The van der Waals surface area contributed by atoms with Crippen molar-refractivity contribution < 1.29 is 0 Å². The third-order valence-corrected chi connectivity index (χ3v) is 3.16. The number of rotatable bonds is 4. The molecule has 0 saturated carbocycles. The second kappa shape index (κ2) is 5.39. The summed E-state index contributed by atoms with van der Waals surface area (Å²) in [6.45, 7) is 3.55. The van der Waals surface area contributed by atoms with Crippen LogP contribution in [0.2, 0.25) is 5.02 Å². The minimum absolute atomic E-state index is 0.690. The third-order valence-electron chi connectivity index (χ3n) is 2.81. The van der Waals surface area contributed by atoms with Gasteiger partial charge in [-0.25, -0.2) is 0 Å². The highest BCUT2D eigenvalue weighted by Gasteiger charge is 2.02. The predicted octanol–water partition coefficient (Wildman–Crippen LogP) is 3.00. The van der Waals surface area contributed by atoms with E-state index >= 15 is 0 Å². The minimum Gasteiger partial charge on any atom is -0.350 e. The van der Waals surface area contributed by atoms with Gasteiger partial charge in [-0.05, 0) is 48.7 Å². The lowest BCUT2D eigenvalue weighted by molar-refractivity contribution is 0.800. The van der Waals surface area contributed by atoms with Crippen LogP contribution in [0.15, 0.2) is 36.7 Å². The van der Waals surface area contributed by atoms with Gasteiger partial charge in [0.2, 0.25) is 0 Å². The summed E-state index contributed by atoms with van der Waals surface area (Å²) < 4.78 is 2.14. The molecule has 3 heteroatoms. The maximum absolute atomic E-state index is 6.21. The molecule has 1 heterocycles. The van der Waals surface area contributed by atoms with E-state index in [0.29, 0.717) is 6.54 Å². The molecule has 0 unspecified atom stereocenters. The summed E-state index contributed by atoms with van der Waals surface area (Å²) in [6.07, 6.45) is 5.12. The molecule has 17 heavy (non-hydrogen) atoms. The Kier molecular flexibility index (Phi) is 3.87. The summed E-state index contributed by atoms with van der Waals surface area (Å²) in [5.41, 5.74) is 9.14. The van der Waals surface area contributed by atoms with Crippen molar-refractivity contribution in [2.45, 2.75) is 19.9 Å². The molecule has 2 rings (SSSR count). The van der Waals surface area contributed by atoms with E-state index in [4.69, 9.17) is 17.3 Å². The normalized spacial score (nSPS) is 10.8. The summed E-state index contributed by atoms with van der Waals surface area (Å²) in [5, 5.41) is 0.832. The zero-order chi connectivity index (χ0) is 12.3. The zero-order valence-electron chi connectivity index (χ0n) is 9.99. The molecule has 0 radical (unpaired) electrons. The molecule has 0 bridgehead atoms. The van der Waals surface area contributed by atoms with Gasteiger partial charge in [0.1, 0.15) is 0 Å². The lowest BCUT2D eigenvalue weighted by Crippen LogP contribution is -2.02. The van der Waals surface area contributed by atoms with E-state index in [1.54, 1.807) is 0 Å². The summed E-state index contributed by atoms with van der Waals surface area (Å²) in [4.78, 5) is 0. The number of halogens is 1. The van der Waals surface area contributed by atoms with Crippen LogP contribution < -0.4 is 5.73 Å². The average Bonchev–Trinajstić information content (AvgIpc) is 2.71. The Labute approximate surface area is 107 Å². The molecule has 0 amide bonds. The Hall–Kier alpha value is -1.25. The SMILES string of the molecule is Cc1ccc(Cn2ccc(CCN)c2)c(Cl)c1. The number of nitrogens with zero attached hydrogens (tertiary/aromatic N) is 1. The van der Waals surface area contributed by atoms with E-state index in [2.05, 4.69) is 35.2 Å². The summed E-state index contributed by atoms with van der Waals surface area (Å²) in [5.74, 6) is 0. The number of nitrogens with two attached hydrogens (primary N) is 1. The van der Waals surface area contributed by atoms with Crippen molar-refractivity contribution in [2.75, 3.05) is 6.54 Å². The van der Waals surface area contributed by atoms with Crippen LogP contribution in [0.5, 0.6) is 0 Å². The smallest absolute Gasteiger partial charge is 0.0485 e. The van der Waals surface area contributed by atoms with Crippen molar-refractivity contribution in [3.8, 4) is 0 Å². The van der Waals surface area contributed by atoms with Gasteiger partial charge in [-0.2, -0.15) is 0 Å². The van der Waals surface area contributed by atoms with E-state index in [0.717, 1.165) is 23.6 Å². The van der Waals surface area contributed by atoms with E-state index in [1.165, 1.54) is 11.1 Å². The number of aromatic nitrogens is 1. The molecule has 0 saturated heterocycles. The summed E-state index contributed by atoms with van der Waals surface area (Å²) in [6, 6.07) is 8.28. The fourth-order valence-electron chi connectivity index (χ4n) is 1.88. The second-order valence-electron chi connectivity index (χ2n) is 4.33. The quantitative estimate of drug-likeness (QED) is 0.886. The molecule has 0 atom stereocenters. The van der Waals surface area contributed by atoms with Gasteiger partial charge in [0, 0.05) is 24.0 Å². The Morgan fingerprint density at radius 2 is 2.12 bits per heavy atom. The van der Waals surface area contributed by atoms with Gasteiger partial charge >= 0.3 is 0 Å². The van der Waals surface area contributed by atoms with Crippen molar-refractivity contribution >= 4 is 11.6 Å². The van der Waals surface area contributed by atoms with Crippen LogP contribution in [0.4, 0.5) is 0 Å². The zero-order valence-corrected chi connectivity index (χ0v) is 10.7. The first kappa shape index (κ1) is 12.2. The first-order valence-corrected chi connectivity index (χ1v) is 6.16. The van der Waals surface area contributed by atoms with Crippen LogP contribution in [-0.2, 0) is 13.0 Å². The highest BCUT2D eigenvalue weighted by atomic mass is 35.5. The highest BCUT2D eigenvalue weighted by molar-refractivity contribution is 6.31. The lowest BCUT2D eigenvalue weighted by atomic mass is 10.1. The van der Waals surface area contributed by atoms with Gasteiger partial charge in [0.15, 0.2) is 0 Å². The molecule has 1 aromatic heterocycles. The Morgan fingerprint density at radius 3 is 2.82 bits per heavy atom. The number of benzene rings is 1. The van der Waals surface area contributed by atoms with Crippen LogP contribution in [0.25, 0.3) is 0 Å². The first-order chi connectivity index (χ1) is 8.19. The molecule has 1 aromatic carbocycles. The van der Waals surface area contributed by atoms with Crippen molar-refractivity contribution in [1.29, 1.82) is 0 Å². The number of aryl methyl sites for hydroxylation is 1. The maximum Gasteiger partial charge on any atom is 0.0485 e. The predicted molar refractivity (Wildman–Crippen MR) is 72.5 cm³/mol. The van der Waals surface area contributed by atoms with E-state index in [-0.39, 0.29) is 0 Å². The molecule has 2 nitrogen and oxygen atoms in total. The Bertz CT molecular complexity index is 503. The van der Waals surface area contributed by atoms with Gasteiger partial charge in [-0.1, -0.05) is 23.7 Å². The van der Waals surface area contributed by atoms with Crippen molar-refractivity contribution in [2.24, 2.45) is 5.73 Å². The Balaban J connectivity index is 2.13. The molecule has 0 spiro atoms. The maximum atomic E-state index is 6.21. The van der Waals surface area contributed by atoms with Crippen molar-refractivity contribution in [1.82, 2.24) is 4.57 Å². The molecular formula is C14H17ClN2. The summed E-state index contributed by atoms with van der Waals surface area (Å²) in [7, 11) is 0. The molecule has 2 aromatic rings. The lowest BCUT2D eigenvalue weighted by Gasteiger charge is -2.06. The minimum atomic E-state index is 0.690. The van der Waals surface area contributed by atoms with Gasteiger partial charge < -0.3 is 10.3 Å². The molecule has 0 aliphatic heterocycles. The third kappa shape index (κ3) is 3.11. The molecule has 2 N–H and O–H groups in total. The largest absolute Gasteiger partial charge is 0.350 e. The average molecular weight is 249 g/mol. The van der Waals surface area contributed by atoms with E-state index in [1.807, 2.05) is 13.0 Å². The fourth-order valence-corrected chi connectivity index (χ4v) is 2.18.